The summed E-state index contributed by atoms with van der Waals surface area (Å²) in [5.74, 6) is -0.672. The number of ether oxygens (including phenoxy) is 1. The van der Waals surface area contributed by atoms with Crippen molar-refractivity contribution in [2.24, 2.45) is 0 Å². The molecule has 0 bridgehead atoms. The zero-order valence-corrected chi connectivity index (χ0v) is 22.6. The molecule has 198 valence electrons. The number of sulfonamides is 1. The smallest absolute Gasteiger partial charge is 0.428 e. The van der Waals surface area contributed by atoms with Crippen LogP contribution in [-0.4, -0.2) is 25.9 Å². The topological polar surface area (TPSA) is 98.5 Å². The van der Waals surface area contributed by atoms with E-state index in [2.05, 4.69) is 41.3 Å². The fraction of sp³-hybridized carbons (Fsp3) is 0.217. The molecule has 3 aromatic rings. The summed E-state index contributed by atoms with van der Waals surface area (Å²) in [6, 6.07) is 13.4. The number of nitro groups is 1. The summed E-state index contributed by atoms with van der Waals surface area (Å²) in [6.45, 7) is 0. The van der Waals surface area contributed by atoms with Crippen molar-refractivity contribution >= 4 is 47.6 Å². The Labute approximate surface area is 226 Å². The number of benzene rings is 3. The largest absolute Gasteiger partial charge is 0.461 e. The lowest BCUT2D eigenvalue weighted by atomic mass is 9.99. The van der Waals surface area contributed by atoms with Crippen molar-refractivity contribution in [2.45, 2.75) is 36.3 Å². The Morgan fingerprint density at radius 1 is 0.973 bits per heavy atom. The Hall–Kier alpha value is -2.55. The van der Waals surface area contributed by atoms with Crippen LogP contribution in [0.4, 0.5) is 23.2 Å². The third-order valence-corrected chi connectivity index (χ3v) is 8.19. The minimum absolute atomic E-state index is 0.0539. The normalized spacial score (nSPS) is 12.9. The Bertz CT molecular complexity index is 1370. The summed E-state index contributed by atoms with van der Waals surface area (Å²) in [4.78, 5) is 9.89. The Morgan fingerprint density at radius 2 is 1.57 bits per heavy atom. The second kappa shape index (κ2) is 11.9. The van der Waals surface area contributed by atoms with Gasteiger partial charge in [-0.2, -0.15) is 17.6 Å². The molecule has 3 aromatic carbocycles. The predicted octanol–water partition coefficient (Wildman–Crippen LogP) is 7.01. The number of hydrogen-bond acceptors (Lipinski definition) is 5. The van der Waals surface area contributed by atoms with E-state index in [0.29, 0.717) is 14.5 Å². The lowest BCUT2D eigenvalue weighted by molar-refractivity contribution is -0.387. The molecule has 7 nitrogen and oxygen atoms in total. The number of alkyl halides is 4. The molecule has 0 saturated carbocycles. The van der Waals surface area contributed by atoms with E-state index in [9.17, 15) is 36.1 Å². The number of nitro benzene ring substituents is 1. The van der Waals surface area contributed by atoms with Gasteiger partial charge in [0.25, 0.3) is 5.69 Å². The molecule has 0 aliphatic rings. The average molecular weight is 670 g/mol. The third kappa shape index (κ3) is 7.06. The van der Waals surface area contributed by atoms with Crippen LogP contribution in [0.2, 0.25) is 0 Å². The van der Waals surface area contributed by atoms with Crippen molar-refractivity contribution in [3.05, 3.63) is 96.9 Å². The van der Waals surface area contributed by atoms with Gasteiger partial charge in [0, 0.05) is 20.6 Å². The summed E-state index contributed by atoms with van der Waals surface area (Å²) < 4.78 is 87.7. The standard InChI is InChI=1S/C23H18Br2F4N2O5S/c24-16-7-5-8-17(25)14(16)12-13-18(15-6-1-3-10-20(15)36-23(28,29)22(26)27)30-37(34,35)21-11-4-2-9-19(21)31(32)33/h1-11,18,22,30H,12-13H2. The molecular formula is C23H18Br2F4N2O5S. The molecule has 0 saturated heterocycles. The monoisotopic (exact) mass is 668 g/mol. The van der Waals surface area contributed by atoms with Crippen molar-refractivity contribution in [3.63, 3.8) is 0 Å². The highest BCUT2D eigenvalue weighted by molar-refractivity contribution is 9.11. The van der Waals surface area contributed by atoms with Gasteiger partial charge >= 0.3 is 12.5 Å². The molecule has 1 unspecified atom stereocenters. The van der Waals surface area contributed by atoms with Crippen molar-refractivity contribution < 1.29 is 35.6 Å². The van der Waals surface area contributed by atoms with Crippen molar-refractivity contribution in [2.75, 3.05) is 0 Å². The molecule has 14 heteroatoms. The highest BCUT2D eigenvalue weighted by Gasteiger charge is 2.44. The van der Waals surface area contributed by atoms with Crippen LogP contribution in [0.15, 0.2) is 80.6 Å². The van der Waals surface area contributed by atoms with Gasteiger partial charge < -0.3 is 4.74 Å². The number of para-hydroxylation sites is 2. The maximum Gasteiger partial charge on any atom is 0.461 e. The van der Waals surface area contributed by atoms with Gasteiger partial charge in [-0.05, 0) is 42.7 Å². The summed E-state index contributed by atoms with van der Waals surface area (Å²) in [5, 5.41) is 11.4. The lowest BCUT2D eigenvalue weighted by Gasteiger charge is -2.24. The molecule has 0 radical (unpaired) electrons. The van der Waals surface area contributed by atoms with Crippen molar-refractivity contribution in [1.29, 1.82) is 0 Å². The second-order valence-electron chi connectivity index (χ2n) is 7.64. The number of rotatable bonds is 11. The first kappa shape index (κ1) is 29.0. The fourth-order valence-electron chi connectivity index (χ4n) is 3.48. The third-order valence-electron chi connectivity index (χ3n) is 5.19. The van der Waals surface area contributed by atoms with Gasteiger partial charge in [-0.25, -0.2) is 13.1 Å². The quantitative estimate of drug-likeness (QED) is 0.135. The minimum Gasteiger partial charge on any atom is -0.428 e. The van der Waals surface area contributed by atoms with E-state index in [-0.39, 0.29) is 18.4 Å². The van der Waals surface area contributed by atoms with Crippen molar-refractivity contribution in [3.8, 4) is 5.75 Å². The van der Waals surface area contributed by atoms with Gasteiger partial charge in [-0.3, -0.25) is 10.1 Å². The molecule has 0 spiro atoms. The molecule has 3 rings (SSSR count). The molecule has 1 N–H and O–H groups in total. The molecule has 37 heavy (non-hydrogen) atoms. The lowest BCUT2D eigenvalue weighted by Crippen LogP contribution is -2.35. The predicted molar refractivity (Wildman–Crippen MR) is 134 cm³/mol. The van der Waals surface area contributed by atoms with E-state index < -0.39 is 49.9 Å². The van der Waals surface area contributed by atoms with Crippen LogP contribution >= 0.6 is 31.9 Å². The first-order valence-electron chi connectivity index (χ1n) is 10.5. The molecule has 0 aliphatic heterocycles. The fourth-order valence-corrected chi connectivity index (χ4v) is 6.29. The number of halogens is 6. The maximum atomic E-state index is 13.8. The Kier molecular flexibility index (Phi) is 9.32. The zero-order chi connectivity index (χ0) is 27.4. The van der Waals surface area contributed by atoms with E-state index in [0.717, 1.165) is 18.2 Å². The molecule has 0 fully saturated rings. The van der Waals surface area contributed by atoms with Crippen LogP contribution in [0.1, 0.15) is 23.6 Å². The van der Waals surface area contributed by atoms with E-state index in [1.54, 1.807) is 18.2 Å². The molecule has 0 heterocycles. The van der Waals surface area contributed by atoms with Gasteiger partial charge in [0.15, 0.2) is 4.90 Å². The Morgan fingerprint density at radius 3 is 2.19 bits per heavy atom. The average Bonchev–Trinajstić information content (AvgIpc) is 2.83. The highest BCUT2D eigenvalue weighted by Crippen LogP contribution is 2.37. The van der Waals surface area contributed by atoms with Crippen LogP contribution in [0.5, 0.6) is 5.75 Å². The SMILES string of the molecule is O=[N+]([O-])c1ccccc1S(=O)(=O)NC(CCc1c(Br)cccc1Br)c1ccccc1OC(F)(F)C(F)F. The number of nitrogens with one attached hydrogen (secondary N) is 1. The first-order chi connectivity index (χ1) is 17.3. The van der Waals surface area contributed by atoms with Crippen LogP contribution < -0.4 is 9.46 Å². The van der Waals surface area contributed by atoms with E-state index in [1.807, 2.05) is 0 Å². The minimum atomic E-state index is -4.84. The van der Waals surface area contributed by atoms with Gasteiger partial charge in [0.1, 0.15) is 5.75 Å². The summed E-state index contributed by atoms with van der Waals surface area (Å²) in [5.41, 5.74) is -0.141. The second-order valence-corrected chi connectivity index (χ2v) is 11.0. The number of nitrogens with zero attached hydrogens (tertiary/aromatic N) is 1. The summed E-state index contributed by atoms with van der Waals surface area (Å²) in [6.07, 6.45) is -8.85. The summed E-state index contributed by atoms with van der Waals surface area (Å²) >= 11 is 6.79. The maximum absolute atomic E-state index is 13.8. The van der Waals surface area contributed by atoms with Crippen molar-refractivity contribution in [1.82, 2.24) is 4.72 Å². The molecular weight excluding hydrogens is 652 g/mol. The molecule has 0 amide bonds. The van der Waals surface area contributed by atoms with E-state index in [1.165, 1.54) is 30.3 Å². The van der Waals surface area contributed by atoms with Gasteiger partial charge in [0.05, 0.1) is 11.0 Å². The molecule has 0 aliphatic carbocycles. The Balaban J connectivity index is 2.07. The van der Waals surface area contributed by atoms with Crippen LogP contribution in [0.3, 0.4) is 0 Å². The van der Waals surface area contributed by atoms with Gasteiger partial charge in [-0.1, -0.05) is 68.3 Å². The highest BCUT2D eigenvalue weighted by atomic mass is 79.9. The first-order valence-corrected chi connectivity index (χ1v) is 13.5. The van der Waals surface area contributed by atoms with Gasteiger partial charge in [0.2, 0.25) is 10.0 Å². The van der Waals surface area contributed by atoms with E-state index >= 15 is 0 Å². The summed E-state index contributed by atoms with van der Waals surface area (Å²) in [7, 11) is -4.59. The zero-order valence-electron chi connectivity index (χ0n) is 18.6. The molecule has 0 aromatic heterocycles. The molecule has 1 atom stereocenters. The van der Waals surface area contributed by atoms with Gasteiger partial charge in [-0.15, -0.1) is 0 Å². The number of hydrogen-bond donors (Lipinski definition) is 1. The van der Waals surface area contributed by atoms with Crippen LogP contribution in [0.25, 0.3) is 0 Å². The van der Waals surface area contributed by atoms with Crippen LogP contribution in [0, 0.1) is 10.1 Å². The van der Waals surface area contributed by atoms with Crippen LogP contribution in [-0.2, 0) is 16.4 Å². The van der Waals surface area contributed by atoms with E-state index in [4.69, 9.17) is 0 Å².